The summed E-state index contributed by atoms with van der Waals surface area (Å²) in [5.41, 5.74) is 1.19. The first kappa shape index (κ1) is 15.6. The van der Waals surface area contributed by atoms with Crippen LogP contribution in [-0.4, -0.2) is 60.6 Å². The smallest absolute Gasteiger partial charge is 0.317 e. The van der Waals surface area contributed by atoms with Gasteiger partial charge in [-0.2, -0.15) is 0 Å². The van der Waals surface area contributed by atoms with Crippen molar-refractivity contribution in [2.45, 2.75) is 25.9 Å². The Balaban J connectivity index is 1.46. The van der Waals surface area contributed by atoms with Crippen LogP contribution < -0.4 is 10.1 Å². The summed E-state index contributed by atoms with van der Waals surface area (Å²) in [7, 11) is 0. The number of rotatable bonds is 2. The molecule has 2 aliphatic rings. The van der Waals surface area contributed by atoms with Gasteiger partial charge in [-0.1, -0.05) is 18.2 Å². The van der Waals surface area contributed by atoms with Gasteiger partial charge in [0.25, 0.3) is 0 Å². The van der Waals surface area contributed by atoms with Crippen LogP contribution in [0.15, 0.2) is 24.3 Å². The number of ether oxygens (including phenoxy) is 1. The number of nitrogens with zero attached hydrogens (tertiary/aromatic N) is 2. The molecule has 1 unspecified atom stereocenters. The lowest BCUT2D eigenvalue weighted by Gasteiger charge is -2.22. The molecule has 0 bridgehead atoms. The van der Waals surface area contributed by atoms with Crippen LogP contribution in [0.25, 0.3) is 0 Å². The van der Waals surface area contributed by atoms with Crippen molar-refractivity contribution in [3.8, 4) is 5.75 Å². The number of carbonyl (C=O) groups is 2. The van der Waals surface area contributed by atoms with Gasteiger partial charge in [0, 0.05) is 39.5 Å². The molecule has 1 atom stereocenters. The molecule has 0 radical (unpaired) electrons. The molecule has 0 aromatic heterocycles. The lowest BCUT2D eigenvalue weighted by Crippen LogP contribution is -2.45. The molecule has 23 heavy (non-hydrogen) atoms. The molecule has 0 aliphatic carbocycles. The summed E-state index contributed by atoms with van der Waals surface area (Å²) >= 11 is 0. The summed E-state index contributed by atoms with van der Waals surface area (Å²) in [6, 6.07) is 7.90. The average molecular weight is 317 g/mol. The van der Waals surface area contributed by atoms with Crippen molar-refractivity contribution in [3.05, 3.63) is 29.8 Å². The molecule has 3 amide bonds. The summed E-state index contributed by atoms with van der Waals surface area (Å²) in [6.45, 7) is 4.66. The molecular formula is C17H23N3O3. The second-order valence-electron chi connectivity index (χ2n) is 6.08. The van der Waals surface area contributed by atoms with E-state index in [9.17, 15) is 9.59 Å². The maximum atomic E-state index is 12.3. The van der Waals surface area contributed by atoms with Gasteiger partial charge in [0.15, 0.2) is 0 Å². The third-order valence-corrected chi connectivity index (χ3v) is 4.42. The zero-order chi connectivity index (χ0) is 16.2. The highest BCUT2D eigenvalue weighted by Gasteiger charge is 2.24. The van der Waals surface area contributed by atoms with Gasteiger partial charge >= 0.3 is 6.03 Å². The van der Waals surface area contributed by atoms with Crippen molar-refractivity contribution >= 4 is 11.9 Å². The largest absolute Gasteiger partial charge is 0.488 e. The minimum absolute atomic E-state index is 0.00274. The standard InChI is InChI=1S/C17H23N3O3/c1-13(21)19-7-4-8-20(10-9-19)17(22)18-12-15-11-14-5-2-3-6-16(14)23-15/h2-3,5-6,15H,4,7-12H2,1H3,(H,18,22). The third-order valence-electron chi connectivity index (χ3n) is 4.42. The molecular weight excluding hydrogens is 294 g/mol. The fourth-order valence-electron chi connectivity index (χ4n) is 3.12. The second-order valence-corrected chi connectivity index (χ2v) is 6.08. The Hall–Kier alpha value is -2.24. The number of carbonyl (C=O) groups excluding carboxylic acids is 2. The van der Waals surface area contributed by atoms with Crippen molar-refractivity contribution in [2.75, 3.05) is 32.7 Å². The maximum absolute atomic E-state index is 12.3. The van der Waals surface area contributed by atoms with Crippen molar-refractivity contribution in [3.63, 3.8) is 0 Å². The zero-order valence-corrected chi connectivity index (χ0v) is 13.5. The van der Waals surface area contributed by atoms with Crippen LogP contribution in [0.3, 0.4) is 0 Å². The quantitative estimate of drug-likeness (QED) is 0.893. The van der Waals surface area contributed by atoms with Crippen molar-refractivity contribution in [1.29, 1.82) is 0 Å². The van der Waals surface area contributed by atoms with Gasteiger partial charge in [-0.3, -0.25) is 4.79 Å². The van der Waals surface area contributed by atoms with Crippen LogP contribution >= 0.6 is 0 Å². The minimum atomic E-state index is -0.0741. The molecule has 2 aliphatic heterocycles. The topological polar surface area (TPSA) is 61.9 Å². The summed E-state index contributed by atoms with van der Waals surface area (Å²) < 4.78 is 5.83. The van der Waals surface area contributed by atoms with Gasteiger partial charge in [0.2, 0.25) is 5.91 Å². The Labute approximate surface area is 136 Å². The number of hydrogen-bond donors (Lipinski definition) is 1. The molecule has 3 rings (SSSR count). The first-order valence-corrected chi connectivity index (χ1v) is 8.16. The van der Waals surface area contributed by atoms with E-state index in [2.05, 4.69) is 11.4 Å². The molecule has 1 aromatic rings. The fraction of sp³-hybridized carbons (Fsp3) is 0.529. The zero-order valence-electron chi connectivity index (χ0n) is 13.5. The minimum Gasteiger partial charge on any atom is -0.488 e. The summed E-state index contributed by atoms with van der Waals surface area (Å²) in [5.74, 6) is 0.989. The molecule has 6 heteroatoms. The molecule has 1 fully saturated rings. The molecule has 6 nitrogen and oxygen atoms in total. The van der Waals surface area contributed by atoms with E-state index in [4.69, 9.17) is 4.74 Å². The normalized spacial score (nSPS) is 20.5. The van der Waals surface area contributed by atoms with Crippen LogP contribution in [0.1, 0.15) is 18.9 Å². The van der Waals surface area contributed by atoms with E-state index in [1.165, 1.54) is 5.56 Å². The Morgan fingerprint density at radius 3 is 2.70 bits per heavy atom. The number of benzene rings is 1. The lowest BCUT2D eigenvalue weighted by atomic mass is 10.1. The molecule has 1 N–H and O–H groups in total. The predicted molar refractivity (Wildman–Crippen MR) is 86.4 cm³/mol. The number of urea groups is 1. The second kappa shape index (κ2) is 6.89. The lowest BCUT2D eigenvalue weighted by molar-refractivity contribution is -0.128. The summed E-state index contributed by atoms with van der Waals surface area (Å²) in [4.78, 5) is 27.3. The van der Waals surface area contributed by atoms with E-state index in [-0.39, 0.29) is 18.0 Å². The summed E-state index contributed by atoms with van der Waals surface area (Å²) in [6.07, 6.45) is 1.64. The van der Waals surface area contributed by atoms with Gasteiger partial charge in [0.1, 0.15) is 11.9 Å². The van der Waals surface area contributed by atoms with Crippen molar-refractivity contribution < 1.29 is 14.3 Å². The van der Waals surface area contributed by atoms with Gasteiger partial charge in [-0.15, -0.1) is 0 Å². The Kier molecular flexibility index (Phi) is 4.69. The van der Waals surface area contributed by atoms with Crippen molar-refractivity contribution in [1.82, 2.24) is 15.1 Å². The number of nitrogens with one attached hydrogen (secondary N) is 1. The number of hydrogen-bond acceptors (Lipinski definition) is 3. The van der Waals surface area contributed by atoms with Gasteiger partial charge in [-0.05, 0) is 18.1 Å². The first-order chi connectivity index (χ1) is 11.1. The molecule has 124 valence electrons. The van der Waals surface area contributed by atoms with E-state index in [0.717, 1.165) is 25.1 Å². The van der Waals surface area contributed by atoms with E-state index >= 15 is 0 Å². The SMILES string of the molecule is CC(=O)N1CCCN(C(=O)NCC2Cc3ccccc3O2)CC1. The highest BCUT2D eigenvalue weighted by molar-refractivity contribution is 5.75. The van der Waals surface area contributed by atoms with Gasteiger partial charge in [-0.25, -0.2) is 4.79 Å². The van der Waals surface area contributed by atoms with E-state index in [0.29, 0.717) is 26.2 Å². The van der Waals surface area contributed by atoms with Crippen LogP contribution in [0.4, 0.5) is 4.79 Å². The van der Waals surface area contributed by atoms with Crippen LogP contribution in [0.5, 0.6) is 5.75 Å². The average Bonchev–Trinajstić information content (AvgIpc) is 2.79. The maximum Gasteiger partial charge on any atom is 0.317 e. The molecule has 2 heterocycles. The number of amides is 3. The van der Waals surface area contributed by atoms with Gasteiger partial charge < -0.3 is 19.9 Å². The van der Waals surface area contributed by atoms with Crippen LogP contribution in [0.2, 0.25) is 0 Å². The fourth-order valence-corrected chi connectivity index (χ4v) is 3.12. The highest BCUT2D eigenvalue weighted by atomic mass is 16.5. The predicted octanol–water partition coefficient (Wildman–Crippen LogP) is 1.25. The van der Waals surface area contributed by atoms with E-state index in [1.807, 2.05) is 18.2 Å². The Morgan fingerprint density at radius 2 is 1.91 bits per heavy atom. The van der Waals surface area contributed by atoms with Crippen molar-refractivity contribution in [2.24, 2.45) is 0 Å². The molecule has 1 saturated heterocycles. The Bertz CT molecular complexity index is 565. The summed E-state index contributed by atoms with van der Waals surface area (Å²) in [5, 5.41) is 2.96. The monoisotopic (exact) mass is 317 g/mol. The van der Waals surface area contributed by atoms with Gasteiger partial charge in [0.05, 0.1) is 6.54 Å². The Morgan fingerprint density at radius 1 is 1.17 bits per heavy atom. The molecule has 0 spiro atoms. The van der Waals surface area contributed by atoms with Crippen LogP contribution in [-0.2, 0) is 11.2 Å². The third kappa shape index (κ3) is 3.75. The number of fused-ring (bicyclic) bond motifs is 1. The van der Waals surface area contributed by atoms with E-state index < -0.39 is 0 Å². The van der Waals surface area contributed by atoms with Crippen LogP contribution in [0, 0.1) is 0 Å². The highest BCUT2D eigenvalue weighted by Crippen LogP contribution is 2.27. The first-order valence-electron chi connectivity index (χ1n) is 8.16. The number of para-hydroxylation sites is 1. The van der Waals surface area contributed by atoms with E-state index in [1.54, 1.807) is 16.7 Å². The molecule has 1 aromatic carbocycles. The molecule has 0 saturated carbocycles.